The highest BCUT2D eigenvalue weighted by Crippen LogP contribution is 2.36. The molecule has 0 unspecified atom stereocenters. The maximum atomic E-state index is 13.3. The van der Waals surface area contributed by atoms with Crippen molar-refractivity contribution in [3.05, 3.63) is 75.5 Å². The van der Waals surface area contributed by atoms with Crippen LogP contribution in [0.5, 0.6) is 5.88 Å². The minimum atomic E-state index is -4.66. The van der Waals surface area contributed by atoms with Gasteiger partial charge in [-0.3, -0.25) is 9.59 Å². The highest BCUT2D eigenvalue weighted by atomic mass is 35.5. The molecule has 2 aromatic heterocycles. The van der Waals surface area contributed by atoms with Crippen LogP contribution in [0.15, 0.2) is 48.7 Å². The van der Waals surface area contributed by atoms with Gasteiger partial charge in [-0.25, -0.2) is 9.67 Å². The minimum Gasteiger partial charge on any atom is -0.467 e. The number of amides is 2. The smallest absolute Gasteiger partial charge is 0.422 e. The van der Waals surface area contributed by atoms with Crippen molar-refractivity contribution in [1.82, 2.24) is 14.8 Å². The highest BCUT2D eigenvalue weighted by Gasteiger charge is 2.30. The molecule has 0 aliphatic carbocycles. The van der Waals surface area contributed by atoms with Gasteiger partial charge in [0.15, 0.2) is 12.4 Å². The molecule has 2 aromatic carbocycles. The number of rotatable bonds is 6. The number of pyridine rings is 1. The van der Waals surface area contributed by atoms with Crippen molar-refractivity contribution in [2.24, 2.45) is 5.73 Å². The fourth-order valence-electron chi connectivity index (χ4n) is 3.37. The lowest BCUT2D eigenvalue weighted by atomic mass is 10.0. The van der Waals surface area contributed by atoms with Gasteiger partial charge < -0.3 is 15.8 Å². The van der Waals surface area contributed by atoms with Crippen LogP contribution >= 0.6 is 23.2 Å². The van der Waals surface area contributed by atoms with Crippen molar-refractivity contribution in [3.8, 4) is 17.8 Å². The number of alkyl halides is 3. The summed E-state index contributed by atoms with van der Waals surface area (Å²) in [7, 11) is 0. The first-order valence-electron chi connectivity index (χ1n) is 10.2. The zero-order valence-corrected chi connectivity index (χ0v) is 19.8. The fourth-order valence-corrected chi connectivity index (χ4v) is 3.89. The largest absolute Gasteiger partial charge is 0.467 e. The number of aromatic nitrogens is 3. The molecule has 0 saturated heterocycles. The maximum Gasteiger partial charge on any atom is 0.422 e. The van der Waals surface area contributed by atoms with E-state index in [-0.39, 0.29) is 32.8 Å². The van der Waals surface area contributed by atoms with Gasteiger partial charge in [0.25, 0.3) is 11.8 Å². The summed E-state index contributed by atoms with van der Waals surface area (Å²) in [6.07, 6.45) is -3.32. The van der Waals surface area contributed by atoms with Gasteiger partial charge in [0.05, 0.1) is 32.9 Å². The van der Waals surface area contributed by atoms with E-state index in [2.05, 4.69) is 20.1 Å². The van der Waals surface area contributed by atoms with Gasteiger partial charge >= 0.3 is 6.18 Å². The van der Waals surface area contributed by atoms with E-state index < -0.39 is 30.5 Å². The monoisotopic (exact) mass is 548 g/mol. The summed E-state index contributed by atoms with van der Waals surface area (Å²) >= 11 is 12.6. The van der Waals surface area contributed by atoms with E-state index >= 15 is 0 Å². The Hall–Kier alpha value is -4.34. The molecule has 4 aromatic rings. The molecular weight excluding hydrogens is 536 g/mol. The molecule has 4 rings (SSSR count). The summed E-state index contributed by atoms with van der Waals surface area (Å²) < 4.78 is 43.6. The number of primary amides is 1. The first kappa shape index (κ1) is 25.7. The van der Waals surface area contributed by atoms with E-state index in [0.717, 1.165) is 10.7 Å². The molecule has 0 fully saturated rings. The molecule has 0 aliphatic rings. The summed E-state index contributed by atoms with van der Waals surface area (Å²) in [5.41, 5.74) is 5.15. The van der Waals surface area contributed by atoms with E-state index in [4.69, 9.17) is 34.2 Å². The van der Waals surface area contributed by atoms with E-state index in [1.807, 2.05) is 6.07 Å². The van der Waals surface area contributed by atoms with Gasteiger partial charge in [-0.05, 0) is 35.7 Å². The van der Waals surface area contributed by atoms with E-state index in [1.54, 1.807) is 0 Å². The second kappa shape index (κ2) is 9.96. The average molecular weight is 549 g/mol. The normalized spacial score (nSPS) is 11.2. The van der Waals surface area contributed by atoms with Gasteiger partial charge in [0.2, 0.25) is 5.88 Å². The number of nitrogens with two attached hydrogens (primary N) is 1. The Balaban J connectivity index is 1.81. The lowest BCUT2D eigenvalue weighted by Gasteiger charge is -2.14. The number of halogens is 5. The molecule has 2 amide bonds. The molecule has 0 bridgehead atoms. The first-order valence-corrected chi connectivity index (χ1v) is 10.9. The van der Waals surface area contributed by atoms with Gasteiger partial charge in [-0.1, -0.05) is 29.3 Å². The summed E-state index contributed by atoms with van der Waals surface area (Å²) in [4.78, 5) is 29.5. The second-order valence-corrected chi connectivity index (χ2v) is 8.26. The number of nitriles is 1. The molecule has 0 saturated carbocycles. The lowest BCUT2D eigenvalue weighted by Crippen LogP contribution is -2.21. The summed E-state index contributed by atoms with van der Waals surface area (Å²) in [5, 5.41) is 16.3. The molecule has 0 aliphatic heterocycles. The number of nitrogens with one attached hydrogen (secondary N) is 1. The number of anilines is 1. The van der Waals surface area contributed by atoms with Crippen LogP contribution in [-0.4, -0.2) is 39.4 Å². The van der Waals surface area contributed by atoms with Crippen molar-refractivity contribution in [3.63, 3.8) is 0 Å². The number of ether oxygens (including phenoxy) is 1. The Bertz CT molecular complexity index is 1600. The number of carbonyl (C=O) groups excluding carboxylic acids is 2. The number of benzene rings is 2. The zero-order valence-electron chi connectivity index (χ0n) is 18.3. The predicted molar refractivity (Wildman–Crippen MR) is 128 cm³/mol. The fraction of sp³-hybridized carbons (Fsp3) is 0.0870. The first-order chi connectivity index (χ1) is 17.5. The number of fused-ring (bicyclic) bond motifs is 1. The van der Waals surface area contributed by atoms with E-state index in [9.17, 15) is 22.8 Å². The second-order valence-electron chi connectivity index (χ2n) is 7.47. The average Bonchev–Trinajstić information content (AvgIpc) is 3.28. The molecular formula is C23H13Cl2F3N6O3. The Morgan fingerprint density at radius 2 is 1.95 bits per heavy atom. The van der Waals surface area contributed by atoms with Crippen LogP contribution in [-0.2, 0) is 0 Å². The highest BCUT2D eigenvalue weighted by molar-refractivity contribution is 6.40. The third kappa shape index (κ3) is 5.42. The number of hydrogen-bond donors (Lipinski definition) is 2. The molecule has 0 spiro atoms. The van der Waals surface area contributed by atoms with Crippen LogP contribution < -0.4 is 15.8 Å². The van der Waals surface area contributed by atoms with Crippen molar-refractivity contribution in [1.29, 1.82) is 5.26 Å². The molecule has 188 valence electrons. The molecule has 2 heterocycles. The number of nitrogens with zero attached hydrogens (tertiary/aromatic N) is 4. The van der Waals surface area contributed by atoms with Crippen LogP contribution in [0, 0.1) is 11.3 Å². The van der Waals surface area contributed by atoms with Crippen LogP contribution in [0.25, 0.3) is 16.6 Å². The quantitative estimate of drug-likeness (QED) is 0.352. The topological polar surface area (TPSA) is 136 Å². The van der Waals surface area contributed by atoms with E-state index in [1.165, 1.54) is 42.6 Å². The van der Waals surface area contributed by atoms with Gasteiger partial charge in [-0.15, -0.1) is 5.10 Å². The SMILES string of the molecule is N#Cc1ccc2c(Cl)c(NC(=O)c3cc(OCC(F)(F)F)nn3-c3ncccc3Cl)c(C(N)=O)cc2c1. The van der Waals surface area contributed by atoms with Crippen molar-refractivity contribution < 1.29 is 27.5 Å². The molecule has 37 heavy (non-hydrogen) atoms. The third-order valence-corrected chi connectivity index (χ3v) is 5.64. The molecule has 9 nitrogen and oxygen atoms in total. The van der Waals surface area contributed by atoms with Crippen LogP contribution in [0.1, 0.15) is 26.4 Å². The van der Waals surface area contributed by atoms with Gasteiger partial charge in [-0.2, -0.15) is 18.4 Å². The summed E-state index contributed by atoms with van der Waals surface area (Å²) in [5.74, 6) is -2.47. The Morgan fingerprint density at radius 3 is 2.59 bits per heavy atom. The standard InChI is InChI=1S/C23H13Cl2F3N6O3/c24-15-2-1-5-31-21(15)34-16(8-17(33-34)37-10-23(26,27)28)22(36)32-19-14(20(30)35)7-12-6-11(9-29)3-4-13(12)18(19)25/h1-8H,10H2,(H2,30,35)(H,32,36). The van der Waals surface area contributed by atoms with Crippen molar-refractivity contribution >= 4 is 51.5 Å². The molecule has 0 radical (unpaired) electrons. The van der Waals surface area contributed by atoms with E-state index in [0.29, 0.717) is 16.3 Å². The number of carbonyl (C=O) groups is 2. The maximum absolute atomic E-state index is 13.3. The summed E-state index contributed by atoms with van der Waals surface area (Å²) in [6.45, 7) is -1.66. The molecule has 14 heteroatoms. The Kier molecular flexibility index (Phi) is 6.93. The lowest BCUT2D eigenvalue weighted by molar-refractivity contribution is -0.154. The van der Waals surface area contributed by atoms with Crippen LogP contribution in [0.3, 0.4) is 0 Å². The third-order valence-electron chi connectivity index (χ3n) is 4.95. The molecule has 0 atom stereocenters. The number of hydrogen-bond acceptors (Lipinski definition) is 6. The zero-order chi connectivity index (χ0) is 26.9. The van der Waals surface area contributed by atoms with Gasteiger partial charge in [0.1, 0.15) is 5.69 Å². The summed E-state index contributed by atoms with van der Waals surface area (Å²) in [6, 6.07) is 11.7. The van der Waals surface area contributed by atoms with Crippen molar-refractivity contribution in [2.75, 3.05) is 11.9 Å². The predicted octanol–water partition coefficient (Wildman–Crippen LogP) is 4.89. The van der Waals surface area contributed by atoms with Gasteiger partial charge in [0, 0.05) is 17.6 Å². The minimum absolute atomic E-state index is 0.0388. The van der Waals surface area contributed by atoms with Crippen molar-refractivity contribution in [2.45, 2.75) is 6.18 Å². The molecule has 3 N–H and O–H groups in total. The van der Waals surface area contributed by atoms with Crippen LogP contribution in [0.4, 0.5) is 18.9 Å². The Morgan fingerprint density at radius 1 is 1.19 bits per heavy atom. The Labute approximate surface area is 216 Å². The van der Waals surface area contributed by atoms with Crippen LogP contribution in [0.2, 0.25) is 10.0 Å².